The van der Waals surface area contributed by atoms with E-state index in [0.717, 1.165) is 12.8 Å². The average Bonchev–Trinajstić information content (AvgIpc) is 2.42. The molecule has 5 heteroatoms. The number of carbonyl (C=O) groups is 1. The van der Waals surface area contributed by atoms with Gasteiger partial charge in [0.1, 0.15) is 10.7 Å². The van der Waals surface area contributed by atoms with Crippen molar-refractivity contribution in [3.8, 4) is 5.75 Å². The minimum atomic E-state index is -0.133. The maximum atomic E-state index is 11.7. The molecule has 0 heterocycles. The molecule has 0 atom stereocenters. The number of rotatable bonds is 7. The van der Waals surface area contributed by atoms with Gasteiger partial charge in [0.05, 0.1) is 5.56 Å². The summed E-state index contributed by atoms with van der Waals surface area (Å²) in [5.41, 5.74) is 6.24. The summed E-state index contributed by atoms with van der Waals surface area (Å²) in [5, 5.41) is 2.91. The molecule has 1 aromatic carbocycles. The minimum Gasteiger partial charge on any atom is -0.483 e. The number of nitrogens with two attached hydrogens (primary N) is 1. The Labute approximate surface area is 119 Å². The van der Waals surface area contributed by atoms with Gasteiger partial charge < -0.3 is 15.8 Å². The smallest absolute Gasteiger partial charge is 0.258 e. The third kappa shape index (κ3) is 4.87. The normalized spacial score (nSPS) is 10.3. The van der Waals surface area contributed by atoms with E-state index in [4.69, 9.17) is 22.7 Å². The molecule has 19 heavy (non-hydrogen) atoms. The second-order valence-electron chi connectivity index (χ2n) is 4.23. The zero-order valence-corrected chi connectivity index (χ0v) is 12.1. The van der Waals surface area contributed by atoms with E-state index in [1.165, 1.54) is 0 Å². The number of hydrogen-bond donors (Lipinski definition) is 2. The molecule has 0 spiro atoms. The standard InChI is InChI=1S/C14H20N2O2S/c1-3-10(4-2)16-13(17)9-18-12-8-6-5-7-11(12)14(15)19/h5-8,10H,3-4,9H2,1-2H3,(H2,15,19)(H,16,17). The molecule has 0 saturated carbocycles. The van der Waals surface area contributed by atoms with Crippen LogP contribution in [0.15, 0.2) is 24.3 Å². The Hall–Kier alpha value is -1.62. The molecule has 0 bridgehead atoms. The number of ether oxygens (including phenoxy) is 1. The number of nitrogens with one attached hydrogen (secondary N) is 1. The van der Waals surface area contributed by atoms with Crippen LogP contribution in [0.5, 0.6) is 5.75 Å². The van der Waals surface area contributed by atoms with Crippen molar-refractivity contribution in [3.63, 3.8) is 0 Å². The maximum absolute atomic E-state index is 11.7. The summed E-state index contributed by atoms with van der Waals surface area (Å²) in [6, 6.07) is 7.36. The highest BCUT2D eigenvalue weighted by Gasteiger charge is 2.11. The Kier molecular flexibility index (Phi) is 6.29. The fraction of sp³-hybridized carbons (Fsp3) is 0.429. The largest absolute Gasteiger partial charge is 0.483 e. The molecule has 0 aliphatic carbocycles. The predicted octanol–water partition coefficient (Wildman–Crippen LogP) is 2.00. The molecule has 0 radical (unpaired) electrons. The number of thiocarbonyl (C=S) groups is 1. The topological polar surface area (TPSA) is 64.3 Å². The summed E-state index contributed by atoms with van der Waals surface area (Å²) in [6.07, 6.45) is 1.82. The Balaban J connectivity index is 2.57. The van der Waals surface area contributed by atoms with E-state index in [1.54, 1.807) is 12.1 Å². The van der Waals surface area contributed by atoms with Crippen molar-refractivity contribution in [2.75, 3.05) is 6.61 Å². The van der Waals surface area contributed by atoms with Gasteiger partial charge in [0.2, 0.25) is 0 Å². The summed E-state index contributed by atoms with van der Waals surface area (Å²) in [4.78, 5) is 12.0. The summed E-state index contributed by atoms with van der Waals surface area (Å²) >= 11 is 4.93. The second kappa shape index (κ2) is 7.74. The molecular weight excluding hydrogens is 260 g/mol. The highest BCUT2D eigenvalue weighted by atomic mass is 32.1. The molecule has 104 valence electrons. The third-order valence-corrected chi connectivity index (χ3v) is 3.08. The molecule has 0 aromatic heterocycles. The first kappa shape index (κ1) is 15.4. The van der Waals surface area contributed by atoms with E-state index in [9.17, 15) is 4.79 Å². The molecule has 4 nitrogen and oxygen atoms in total. The van der Waals surface area contributed by atoms with Crippen molar-refractivity contribution < 1.29 is 9.53 Å². The third-order valence-electron chi connectivity index (χ3n) is 2.86. The Morgan fingerprint density at radius 2 is 2.00 bits per heavy atom. The molecule has 0 fully saturated rings. The van der Waals surface area contributed by atoms with Crippen LogP contribution in [-0.2, 0) is 4.79 Å². The van der Waals surface area contributed by atoms with Crippen LogP contribution in [-0.4, -0.2) is 23.5 Å². The maximum Gasteiger partial charge on any atom is 0.258 e. The van der Waals surface area contributed by atoms with E-state index in [2.05, 4.69) is 5.32 Å². The van der Waals surface area contributed by atoms with Crippen LogP contribution in [0.4, 0.5) is 0 Å². The van der Waals surface area contributed by atoms with Gasteiger partial charge in [-0.1, -0.05) is 38.2 Å². The summed E-state index contributed by atoms with van der Waals surface area (Å²) in [6.45, 7) is 4.05. The molecule has 1 rings (SSSR count). The lowest BCUT2D eigenvalue weighted by Crippen LogP contribution is -2.37. The van der Waals surface area contributed by atoms with E-state index >= 15 is 0 Å². The summed E-state index contributed by atoms with van der Waals surface area (Å²) in [7, 11) is 0. The zero-order valence-electron chi connectivity index (χ0n) is 11.3. The van der Waals surface area contributed by atoms with Gasteiger partial charge in [-0.3, -0.25) is 4.79 Å². The van der Waals surface area contributed by atoms with Crippen molar-refractivity contribution in [1.82, 2.24) is 5.32 Å². The van der Waals surface area contributed by atoms with Crippen molar-refractivity contribution in [3.05, 3.63) is 29.8 Å². The number of amides is 1. The second-order valence-corrected chi connectivity index (χ2v) is 4.67. The predicted molar refractivity (Wildman–Crippen MR) is 80.3 cm³/mol. The molecule has 0 unspecified atom stereocenters. The molecule has 1 aromatic rings. The van der Waals surface area contributed by atoms with Gasteiger partial charge in [-0.25, -0.2) is 0 Å². The highest BCUT2D eigenvalue weighted by molar-refractivity contribution is 7.80. The van der Waals surface area contributed by atoms with E-state index in [1.807, 2.05) is 26.0 Å². The Bertz CT molecular complexity index is 445. The summed E-state index contributed by atoms with van der Waals surface area (Å²) in [5.74, 6) is 0.404. The average molecular weight is 280 g/mol. The van der Waals surface area contributed by atoms with Crippen LogP contribution in [0, 0.1) is 0 Å². The fourth-order valence-electron chi connectivity index (χ4n) is 1.70. The Morgan fingerprint density at radius 3 is 2.58 bits per heavy atom. The van der Waals surface area contributed by atoms with Gasteiger partial charge in [0.15, 0.2) is 6.61 Å². The van der Waals surface area contributed by atoms with Crippen LogP contribution in [0.3, 0.4) is 0 Å². The van der Waals surface area contributed by atoms with Gasteiger partial charge in [-0.2, -0.15) is 0 Å². The SMILES string of the molecule is CCC(CC)NC(=O)COc1ccccc1C(N)=S. The van der Waals surface area contributed by atoms with Gasteiger partial charge >= 0.3 is 0 Å². The van der Waals surface area contributed by atoms with Gasteiger partial charge in [0, 0.05) is 6.04 Å². The lowest BCUT2D eigenvalue weighted by Gasteiger charge is -2.15. The quantitative estimate of drug-likeness (QED) is 0.750. The van der Waals surface area contributed by atoms with Gasteiger partial charge in [-0.15, -0.1) is 0 Å². The van der Waals surface area contributed by atoms with Crippen molar-refractivity contribution in [1.29, 1.82) is 0 Å². The first-order valence-corrected chi connectivity index (χ1v) is 6.80. The van der Waals surface area contributed by atoms with Gasteiger partial charge in [-0.05, 0) is 25.0 Å². The van der Waals surface area contributed by atoms with Crippen LogP contribution >= 0.6 is 12.2 Å². The van der Waals surface area contributed by atoms with Crippen LogP contribution in [0.1, 0.15) is 32.3 Å². The molecule has 3 N–H and O–H groups in total. The highest BCUT2D eigenvalue weighted by Crippen LogP contribution is 2.17. The van der Waals surface area contributed by atoms with Gasteiger partial charge in [0.25, 0.3) is 5.91 Å². The number of benzene rings is 1. The lowest BCUT2D eigenvalue weighted by atomic mass is 10.2. The van der Waals surface area contributed by atoms with E-state index < -0.39 is 0 Å². The summed E-state index contributed by atoms with van der Waals surface area (Å²) < 4.78 is 5.47. The van der Waals surface area contributed by atoms with Crippen LogP contribution < -0.4 is 15.8 Å². The van der Waals surface area contributed by atoms with E-state index in [0.29, 0.717) is 11.3 Å². The lowest BCUT2D eigenvalue weighted by molar-refractivity contribution is -0.123. The first-order valence-electron chi connectivity index (χ1n) is 6.39. The molecule has 1 amide bonds. The molecular formula is C14H20N2O2S. The van der Waals surface area contributed by atoms with Crippen LogP contribution in [0.2, 0.25) is 0 Å². The van der Waals surface area contributed by atoms with E-state index in [-0.39, 0.29) is 23.5 Å². The Morgan fingerprint density at radius 1 is 1.37 bits per heavy atom. The monoisotopic (exact) mass is 280 g/mol. The molecule has 0 aliphatic rings. The van der Waals surface area contributed by atoms with Crippen LogP contribution in [0.25, 0.3) is 0 Å². The fourth-order valence-corrected chi connectivity index (χ4v) is 1.87. The van der Waals surface area contributed by atoms with Crippen molar-refractivity contribution in [2.45, 2.75) is 32.7 Å². The number of carbonyl (C=O) groups excluding carboxylic acids is 1. The number of hydrogen-bond acceptors (Lipinski definition) is 3. The van der Waals surface area contributed by atoms with Crippen molar-refractivity contribution >= 4 is 23.1 Å². The zero-order chi connectivity index (χ0) is 14.3. The molecule has 0 aliphatic heterocycles. The first-order chi connectivity index (χ1) is 9.08. The molecule has 0 saturated heterocycles. The van der Waals surface area contributed by atoms with Crippen molar-refractivity contribution in [2.24, 2.45) is 5.73 Å². The number of para-hydroxylation sites is 1. The minimum absolute atomic E-state index is 0.0316.